The lowest BCUT2D eigenvalue weighted by Crippen LogP contribution is -2.23. The zero-order chi connectivity index (χ0) is 13.7. The van der Waals surface area contributed by atoms with Gasteiger partial charge in [0, 0.05) is 24.6 Å². The molecule has 1 aromatic heterocycles. The van der Waals surface area contributed by atoms with Crippen molar-refractivity contribution in [1.29, 1.82) is 0 Å². The van der Waals surface area contributed by atoms with Gasteiger partial charge >= 0.3 is 0 Å². The molecule has 0 aliphatic heterocycles. The molecule has 0 unspecified atom stereocenters. The molecule has 0 spiro atoms. The summed E-state index contributed by atoms with van der Waals surface area (Å²) in [6.45, 7) is 5.58. The number of hydrogen-bond donors (Lipinski definition) is 1. The molecule has 2 rings (SSSR count). The lowest BCUT2D eigenvalue weighted by Gasteiger charge is -2.24. The Labute approximate surface area is 114 Å². The molecule has 4 heteroatoms. The van der Waals surface area contributed by atoms with Gasteiger partial charge in [-0.3, -0.25) is 4.98 Å². The van der Waals surface area contributed by atoms with Gasteiger partial charge in [-0.1, -0.05) is 17.7 Å². The summed E-state index contributed by atoms with van der Waals surface area (Å²) in [5, 5.41) is 0. The van der Waals surface area contributed by atoms with E-state index in [9.17, 15) is 0 Å². The summed E-state index contributed by atoms with van der Waals surface area (Å²) in [6.07, 6.45) is 4.37. The number of anilines is 2. The Morgan fingerprint density at radius 3 is 2.37 bits per heavy atom. The topological polar surface area (TPSA) is 55.0 Å². The van der Waals surface area contributed by atoms with Crippen molar-refractivity contribution in [2.75, 3.05) is 18.0 Å². The molecular formula is C15H20N4. The minimum atomic E-state index is 0.668. The van der Waals surface area contributed by atoms with Crippen LogP contribution in [0.3, 0.4) is 0 Å². The molecule has 0 saturated carbocycles. The highest BCUT2D eigenvalue weighted by Gasteiger charge is 2.12. The number of aromatic nitrogens is 2. The van der Waals surface area contributed by atoms with Crippen LogP contribution < -0.4 is 10.6 Å². The smallest absolute Gasteiger partial charge is 0.154 e. The minimum absolute atomic E-state index is 0.668. The SMILES string of the molecule is Cc1ccc(N(CCCN)c2nccnc2C)cc1. The molecule has 2 N–H and O–H groups in total. The van der Waals surface area contributed by atoms with Crippen LogP contribution in [0.2, 0.25) is 0 Å². The minimum Gasteiger partial charge on any atom is -0.330 e. The highest BCUT2D eigenvalue weighted by molar-refractivity contribution is 5.61. The Morgan fingerprint density at radius 2 is 1.74 bits per heavy atom. The predicted molar refractivity (Wildman–Crippen MR) is 78.6 cm³/mol. The average Bonchev–Trinajstić information content (AvgIpc) is 2.43. The molecule has 0 amide bonds. The molecule has 1 aromatic carbocycles. The summed E-state index contributed by atoms with van der Waals surface area (Å²) in [5.74, 6) is 0.903. The Kier molecular flexibility index (Phi) is 4.47. The highest BCUT2D eigenvalue weighted by atomic mass is 15.2. The van der Waals surface area contributed by atoms with Gasteiger partial charge in [0.15, 0.2) is 5.82 Å². The van der Waals surface area contributed by atoms with Gasteiger partial charge in [-0.25, -0.2) is 4.98 Å². The average molecular weight is 256 g/mol. The summed E-state index contributed by atoms with van der Waals surface area (Å²) < 4.78 is 0. The maximum Gasteiger partial charge on any atom is 0.154 e. The zero-order valence-electron chi connectivity index (χ0n) is 11.5. The third-order valence-electron chi connectivity index (χ3n) is 3.04. The largest absolute Gasteiger partial charge is 0.330 e. The van der Waals surface area contributed by atoms with Gasteiger partial charge in [-0.05, 0) is 38.9 Å². The van der Waals surface area contributed by atoms with E-state index in [4.69, 9.17) is 5.73 Å². The van der Waals surface area contributed by atoms with E-state index >= 15 is 0 Å². The molecule has 1 heterocycles. The normalized spacial score (nSPS) is 10.5. The van der Waals surface area contributed by atoms with Crippen LogP contribution >= 0.6 is 0 Å². The van der Waals surface area contributed by atoms with E-state index in [-0.39, 0.29) is 0 Å². The summed E-state index contributed by atoms with van der Waals surface area (Å²) in [7, 11) is 0. The number of nitrogens with two attached hydrogens (primary N) is 1. The fraction of sp³-hybridized carbons (Fsp3) is 0.333. The van der Waals surface area contributed by atoms with Crippen molar-refractivity contribution < 1.29 is 0 Å². The van der Waals surface area contributed by atoms with Crippen LogP contribution in [0.1, 0.15) is 17.7 Å². The third-order valence-corrected chi connectivity index (χ3v) is 3.04. The number of rotatable bonds is 5. The lowest BCUT2D eigenvalue weighted by atomic mass is 10.2. The molecule has 0 aliphatic carbocycles. The van der Waals surface area contributed by atoms with Crippen LogP contribution in [-0.4, -0.2) is 23.1 Å². The van der Waals surface area contributed by atoms with E-state index in [0.29, 0.717) is 6.54 Å². The lowest BCUT2D eigenvalue weighted by molar-refractivity contribution is 0.804. The second-order valence-corrected chi connectivity index (χ2v) is 4.59. The van der Waals surface area contributed by atoms with Crippen LogP contribution in [-0.2, 0) is 0 Å². The van der Waals surface area contributed by atoms with Crippen molar-refractivity contribution >= 4 is 11.5 Å². The first-order valence-corrected chi connectivity index (χ1v) is 6.54. The Bertz CT molecular complexity index is 522. The van der Waals surface area contributed by atoms with Gasteiger partial charge in [-0.15, -0.1) is 0 Å². The second kappa shape index (κ2) is 6.29. The summed E-state index contributed by atoms with van der Waals surface area (Å²) in [5.41, 5.74) is 8.94. The fourth-order valence-electron chi connectivity index (χ4n) is 2.00. The summed E-state index contributed by atoms with van der Waals surface area (Å²) in [4.78, 5) is 10.9. The van der Waals surface area contributed by atoms with Gasteiger partial charge in [0.2, 0.25) is 0 Å². The highest BCUT2D eigenvalue weighted by Crippen LogP contribution is 2.25. The first-order valence-electron chi connectivity index (χ1n) is 6.54. The zero-order valence-corrected chi connectivity index (χ0v) is 11.5. The molecule has 0 fully saturated rings. The van der Waals surface area contributed by atoms with E-state index in [1.165, 1.54) is 5.56 Å². The van der Waals surface area contributed by atoms with E-state index in [1.54, 1.807) is 12.4 Å². The van der Waals surface area contributed by atoms with Gasteiger partial charge in [0.1, 0.15) is 0 Å². The van der Waals surface area contributed by atoms with Crippen LogP contribution in [0.15, 0.2) is 36.7 Å². The van der Waals surface area contributed by atoms with Gasteiger partial charge < -0.3 is 10.6 Å². The summed E-state index contributed by atoms with van der Waals surface area (Å²) in [6, 6.07) is 8.44. The van der Waals surface area contributed by atoms with Crippen molar-refractivity contribution in [3.8, 4) is 0 Å². The molecule has 4 nitrogen and oxygen atoms in total. The Balaban J connectivity index is 2.35. The van der Waals surface area contributed by atoms with Gasteiger partial charge in [0.25, 0.3) is 0 Å². The van der Waals surface area contributed by atoms with Crippen LogP contribution in [0.5, 0.6) is 0 Å². The molecule has 0 aliphatic rings. The third kappa shape index (κ3) is 3.29. The standard InChI is InChI=1S/C15H20N4/c1-12-4-6-14(7-5-12)19(11-3-8-16)15-13(2)17-9-10-18-15/h4-7,9-10H,3,8,11,16H2,1-2H3. The van der Waals surface area contributed by atoms with Crippen LogP contribution in [0.4, 0.5) is 11.5 Å². The number of hydrogen-bond acceptors (Lipinski definition) is 4. The number of nitrogens with zero attached hydrogens (tertiary/aromatic N) is 3. The van der Waals surface area contributed by atoms with E-state index < -0.39 is 0 Å². The van der Waals surface area contributed by atoms with Crippen LogP contribution in [0, 0.1) is 13.8 Å². The molecule has 0 radical (unpaired) electrons. The number of aryl methyl sites for hydroxylation is 2. The number of benzene rings is 1. The van der Waals surface area contributed by atoms with Crippen molar-refractivity contribution in [3.63, 3.8) is 0 Å². The fourth-order valence-corrected chi connectivity index (χ4v) is 2.00. The monoisotopic (exact) mass is 256 g/mol. The van der Waals surface area contributed by atoms with E-state index in [1.807, 2.05) is 6.92 Å². The molecular weight excluding hydrogens is 236 g/mol. The molecule has 0 saturated heterocycles. The van der Waals surface area contributed by atoms with Crippen LogP contribution in [0.25, 0.3) is 0 Å². The molecule has 19 heavy (non-hydrogen) atoms. The molecule has 0 bridgehead atoms. The van der Waals surface area contributed by atoms with Gasteiger partial charge in [0.05, 0.1) is 5.69 Å². The van der Waals surface area contributed by atoms with Crippen molar-refractivity contribution in [1.82, 2.24) is 9.97 Å². The van der Waals surface area contributed by atoms with Crippen molar-refractivity contribution in [3.05, 3.63) is 47.9 Å². The Hall–Kier alpha value is -1.94. The molecule has 100 valence electrons. The van der Waals surface area contributed by atoms with Crippen molar-refractivity contribution in [2.45, 2.75) is 20.3 Å². The van der Waals surface area contributed by atoms with E-state index in [0.717, 1.165) is 30.2 Å². The van der Waals surface area contributed by atoms with Gasteiger partial charge in [-0.2, -0.15) is 0 Å². The molecule has 2 aromatic rings. The molecule has 0 atom stereocenters. The maximum absolute atomic E-state index is 5.63. The van der Waals surface area contributed by atoms with Crippen molar-refractivity contribution in [2.24, 2.45) is 5.73 Å². The second-order valence-electron chi connectivity index (χ2n) is 4.59. The maximum atomic E-state index is 5.63. The first kappa shape index (κ1) is 13.5. The summed E-state index contributed by atoms with van der Waals surface area (Å²) >= 11 is 0. The first-order chi connectivity index (χ1) is 9.22. The Morgan fingerprint density at radius 1 is 1.05 bits per heavy atom. The quantitative estimate of drug-likeness (QED) is 0.893. The van der Waals surface area contributed by atoms with E-state index in [2.05, 4.69) is 46.1 Å². The predicted octanol–water partition coefficient (Wildman–Crippen LogP) is 2.58.